The van der Waals surface area contributed by atoms with E-state index in [0.717, 1.165) is 38.4 Å². The molecule has 0 fully saturated rings. The Labute approximate surface area is 165 Å². The molecule has 0 aliphatic rings. The molecule has 7 heteroatoms. The highest BCUT2D eigenvalue weighted by Gasteiger charge is 2.07. The molecule has 0 bridgehead atoms. The maximum atomic E-state index is 11.3. The zero-order valence-electron chi connectivity index (χ0n) is 16.1. The summed E-state index contributed by atoms with van der Waals surface area (Å²) in [5.74, 6) is 0.659. The summed E-state index contributed by atoms with van der Waals surface area (Å²) < 4.78 is 4.91. The highest BCUT2D eigenvalue weighted by molar-refractivity contribution is 14.0. The number of rotatable bonds is 12. The van der Waals surface area contributed by atoms with Crippen molar-refractivity contribution in [3.63, 3.8) is 0 Å². The van der Waals surface area contributed by atoms with Gasteiger partial charge in [0.05, 0.1) is 6.61 Å². The minimum absolute atomic E-state index is 0. The number of carbonyl (C=O) groups excluding carboxylic acids is 1. The highest BCUT2D eigenvalue weighted by Crippen LogP contribution is 1.99. The first-order valence-corrected chi connectivity index (χ1v) is 8.92. The standard InChI is InChI=1S/C17H36N4O2.HI/c1-6-21(7-2)14-10-11-15(4)20-17(18-5)19-13-9-12-16(22)23-8-3;/h15H,6-14H2,1-5H3,(H2,18,19,20);1H. The van der Waals surface area contributed by atoms with Crippen molar-refractivity contribution in [2.75, 3.05) is 39.8 Å². The second-order valence-electron chi connectivity index (χ2n) is 5.62. The average Bonchev–Trinajstić information content (AvgIpc) is 2.54. The minimum Gasteiger partial charge on any atom is -0.466 e. The Morgan fingerprint density at radius 3 is 2.42 bits per heavy atom. The Bertz CT molecular complexity index is 337. The first kappa shape index (κ1) is 25.7. The van der Waals surface area contributed by atoms with Gasteiger partial charge in [0, 0.05) is 26.1 Å². The third-order valence-electron chi connectivity index (χ3n) is 3.77. The number of carbonyl (C=O) groups is 1. The van der Waals surface area contributed by atoms with E-state index in [1.807, 2.05) is 6.92 Å². The van der Waals surface area contributed by atoms with E-state index >= 15 is 0 Å². The quantitative estimate of drug-likeness (QED) is 0.155. The largest absolute Gasteiger partial charge is 0.466 e. The molecule has 144 valence electrons. The summed E-state index contributed by atoms with van der Waals surface area (Å²) in [5.41, 5.74) is 0. The molecule has 0 saturated heterocycles. The van der Waals surface area contributed by atoms with Gasteiger partial charge in [-0.3, -0.25) is 9.79 Å². The molecule has 0 saturated carbocycles. The summed E-state index contributed by atoms with van der Waals surface area (Å²) >= 11 is 0. The number of aliphatic imine (C=N–C) groups is 1. The van der Waals surface area contributed by atoms with Gasteiger partial charge in [-0.1, -0.05) is 13.8 Å². The van der Waals surface area contributed by atoms with E-state index in [-0.39, 0.29) is 29.9 Å². The summed E-state index contributed by atoms with van der Waals surface area (Å²) in [7, 11) is 1.77. The van der Waals surface area contributed by atoms with Crippen LogP contribution in [0.15, 0.2) is 4.99 Å². The Balaban J connectivity index is 0. The van der Waals surface area contributed by atoms with Crippen LogP contribution in [0, 0.1) is 0 Å². The van der Waals surface area contributed by atoms with Crippen molar-refractivity contribution in [1.82, 2.24) is 15.5 Å². The lowest BCUT2D eigenvalue weighted by molar-refractivity contribution is -0.143. The van der Waals surface area contributed by atoms with Crippen LogP contribution in [-0.4, -0.2) is 62.7 Å². The number of halogens is 1. The van der Waals surface area contributed by atoms with Gasteiger partial charge in [-0.05, 0) is 52.7 Å². The zero-order chi connectivity index (χ0) is 17.5. The molecule has 0 aromatic heterocycles. The summed E-state index contributed by atoms with van der Waals surface area (Å²) in [6, 6.07) is 0.377. The van der Waals surface area contributed by atoms with E-state index in [4.69, 9.17) is 4.74 Å². The average molecular weight is 456 g/mol. The van der Waals surface area contributed by atoms with Gasteiger partial charge >= 0.3 is 5.97 Å². The van der Waals surface area contributed by atoms with E-state index in [1.54, 1.807) is 7.05 Å². The van der Waals surface area contributed by atoms with Crippen molar-refractivity contribution >= 4 is 35.9 Å². The predicted octanol–water partition coefficient (Wildman–Crippen LogP) is 2.62. The fraction of sp³-hybridized carbons (Fsp3) is 0.882. The molecule has 0 rings (SSSR count). The molecule has 0 aliphatic heterocycles. The van der Waals surface area contributed by atoms with E-state index in [2.05, 4.69) is 41.3 Å². The topological polar surface area (TPSA) is 66.0 Å². The van der Waals surface area contributed by atoms with Crippen molar-refractivity contribution in [2.45, 2.75) is 59.4 Å². The number of ether oxygens (including phenoxy) is 1. The van der Waals surface area contributed by atoms with Crippen molar-refractivity contribution in [2.24, 2.45) is 4.99 Å². The Kier molecular flexibility index (Phi) is 18.5. The number of hydrogen-bond acceptors (Lipinski definition) is 4. The van der Waals surface area contributed by atoms with Gasteiger partial charge in [-0.25, -0.2) is 0 Å². The fourth-order valence-electron chi connectivity index (χ4n) is 2.33. The van der Waals surface area contributed by atoms with E-state index in [0.29, 0.717) is 25.6 Å². The number of guanidine groups is 1. The van der Waals surface area contributed by atoms with E-state index in [9.17, 15) is 4.79 Å². The molecule has 2 N–H and O–H groups in total. The van der Waals surface area contributed by atoms with Crippen LogP contribution >= 0.6 is 24.0 Å². The minimum atomic E-state index is -0.137. The number of hydrogen-bond donors (Lipinski definition) is 2. The summed E-state index contributed by atoms with van der Waals surface area (Å²) in [6.07, 6.45) is 3.48. The molecular weight excluding hydrogens is 419 g/mol. The smallest absolute Gasteiger partial charge is 0.305 e. The molecule has 0 aromatic rings. The SMILES string of the molecule is CCOC(=O)CCCNC(=NC)NC(C)CCCN(CC)CC.I. The Morgan fingerprint density at radius 1 is 1.21 bits per heavy atom. The summed E-state index contributed by atoms with van der Waals surface area (Å²) in [4.78, 5) is 17.9. The molecule has 0 aliphatic carbocycles. The molecule has 24 heavy (non-hydrogen) atoms. The molecule has 0 amide bonds. The zero-order valence-corrected chi connectivity index (χ0v) is 18.4. The molecule has 1 unspecified atom stereocenters. The second-order valence-corrected chi connectivity index (χ2v) is 5.62. The van der Waals surface area contributed by atoms with Crippen LogP contribution in [0.25, 0.3) is 0 Å². The predicted molar refractivity (Wildman–Crippen MR) is 112 cm³/mol. The maximum absolute atomic E-state index is 11.3. The van der Waals surface area contributed by atoms with Gasteiger partial charge in [0.25, 0.3) is 0 Å². The third kappa shape index (κ3) is 13.8. The number of nitrogens with zero attached hydrogens (tertiary/aromatic N) is 2. The van der Waals surface area contributed by atoms with Crippen LogP contribution in [0.4, 0.5) is 0 Å². The van der Waals surface area contributed by atoms with Crippen LogP contribution in [-0.2, 0) is 9.53 Å². The fourth-order valence-corrected chi connectivity index (χ4v) is 2.33. The molecule has 0 heterocycles. The molecule has 6 nitrogen and oxygen atoms in total. The molecular formula is C17H37IN4O2. The lowest BCUT2D eigenvalue weighted by Gasteiger charge is -2.21. The first-order valence-electron chi connectivity index (χ1n) is 8.92. The van der Waals surface area contributed by atoms with Gasteiger partial charge < -0.3 is 20.3 Å². The van der Waals surface area contributed by atoms with Gasteiger partial charge in [-0.2, -0.15) is 0 Å². The van der Waals surface area contributed by atoms with Crippen molar-refractivity contribution in [3.05, 3.63) is 0 Å². The van der Waals surface area contributed by atoms with Gasteiger partial charge in [0.1, 0.15) is 0 Å². The molecule has 0 aromatic carbocycles. The molecule has 0 radical (unpaired) electrons. The highest BCUT2D eigenvalue weighted by atomic mass is 127. The van der Waals surface area contributed by atoms with Gasteiger partial charge in [0.15, 0.2) is 5.96 Å². The van der Waals surface area contributed by atoms with Crippen LogP contribution in [0.3, 0.4) is 0 Å². The van der Waals surface area contributed by atoms with E-state index in [1.165, 1.54) is 6.42 Å². The molecule has 1 atom stereocenters. The van der Waals surface area contributed by atoms with Gasteiger partial charge in [-0.15, -0.1) is 24.0 Å². The lowest BCUT2D eigenvalue weighted by atomic mass is 10.2. The van der Waals surface area contributed by atoms with Crippen LogP contribution in [0.1, 0.15) is 53.4 Å². The van der Waals surface area contributed by atoms with Crippen molar-refractivity contribution in [3.8, 4) is 0 Å². The van der Waals surface area contributed by atoms with Crippen LogP contribution in [0.2, 0.25) is 0 Å². The van der Waals surface area contributed by atoms with E-state index < -0.39 is 0 Å². The molecule has 0 spiro atoms. The summed E-state index contributed by atoms with van der Waals surface area (Å²) in [6.45, 7) is 12.9. The normalized spacial score (nSPS) is 12.5. The second kappa shape index (κ2) is 17.3. The number of esters is 1. The van der Waals surface area contributed by atoms with Crippen molar-refractivity contribution < 1.29 is 9.53 Å². The van der Waals surface area contributed by atoms with Crippen LogP contribution in [0.5, 0.6) is 0 Å². The Morgan fingerprint density at radius 2 is 1.88 bits per heavy atom. The van der Waals surface area contributed by atoms with Gasteiger partial charge in [0.2, 0.25) is 0 Å². The van der Waals surface area contributed by atoms with Crippen molar-refractivity contribution in [1.29, 1.82) is 0 Å². The number of nitrogens with one attached hydrogen (secondary N) is 2. The maximum Gasteiger partial charge on any atom is 0.305 e. The Hall–Kier alpha value is -0.570. The first-order chi connectivity index (χ1) is 11.1. The van der Waals surface area contributed by atoms with Crippen LogP contribution < -0.4 is 10.6 Å². The third-order valence-corrected chi connectivity index (χ3v) is 3.77. The summed E-state index contributed by atoms with van der Waals surface area (Å²) in [5, 5.41) is 6.63. The monoisotopic (exact) mass is 456 g/mol. The lowest BCUT2D eigenvalue weighted by Crippen LogP contribution is -2.42.